The van der Waals surface area contributed by atoms with Gasteiger partial charge in [-0.1, -0.05) is 30.3 Å². The summed E-state index contributed by atoms with van der Waals surface area (Å²) in [6.45, 7) is 0.440. The third kappa shape index (κ3) is 3.48. The Balaban J connectivity index is 1.64. The molecule has 1 heterocycles. The largest absolute Gasteiger partial charge is 0.352 e. The van der Waals surface area contributed by atoms with E-state index in [0.717, 1.165) is 10.2 Å². The Morgan fingerprint density at radius 2 is 1.92 bits per heavy atom. The molecular formula is C18H16BrFN2O2. The summed E-state index contributed by atoms with van der Waals surface area (Å²) in [6.07, 6.45) is 0.157. The first-order valence-electron chi connectivity index (χ1n) is 7.62. The maximum absolute atomic E-state index is 13.6. The van der Waals surface area contributed by atoms with Crippen molar-refractivity contribution in [3.05, 3.63) is 64.4 Å². The molecule has 124 valence electrons. The number of halogens is 2. The predicted octanol–water partition coefficient (Wildman–Crippen LogP) is 3.26. The molecule has 1 fully saturated rings. The van der Waals surface area contributed by atoms with Crippen LogP contribution in [0.25, 0.3) is 0 Å². The Labute approximate surface area is 147 Å². The van der Waals surface area contributed by atoms with Crippen LogP contribution in [-0.2, 0) is 16.1 Å². The summed E-state index contributed by atoms with van der Waals surface area (Å²) in [5.74, 6) is -1.11. The van der Waals surface area contributed by atoms with E-state index in [4.69, 9.17) is 0 Å². The number of benzene rings is 2. The molecule has 1 N–H and O–H groups in total. The van der Waals surface area contributed by atoms with Crippen molar-refractivity contribution in [3.63, 3.8) is 0 Å². The molecule has 0 aliphatic carbocycles. The smallest absolute Gasteiger partial charge is 0.227 e. The maximum atomic E-state index is 13.6. The molecule has 1 aliphatic rings. The van der Waals surface area contributed by atoms with E-state index in [1.54, 1.807) is 23.1 Å². The van der Waals surface area contributed by atoms with E-state index in [9.17, 15) is 14.0 Å². The standard InChI is InChI=1S/C18H16BrFN2O2/c19-14-6-2-4-8-16(14)22-11-13(9-17(22)23)18(24)21-10-12-5-1-3-7-15(12)20/h1-8,13H,9-11H2,(H,21,24)/t13-/m1/s1. The molecule has 2 aromatic rings. The monoisotopic (exact) mass is 390 g/mol. The fourth-order valence-electron chi connectivity index (χ4n) is 2.76. The molecule has 1 atom stereocenters. The van der Waals surface area contributed by atoms with Crippen molar-refractivity contribution in [1.29, 1.82) is 0 Å². The first-order chi connectivity index (χ1) is 11.6. The van der Waals surface area contributed by atoms with Crippen molar-refractivity contribution in [2.24, 2.45) is 5.92 Å². The van der Waals surface area contributed by atoms with Gasteiger partial charge in [0.1, 0.15) is 5.82 Å². The molecular weight excluding hydrogens is 375 g/mol. The topological polar surface area (TPSA) is 49.4 Å². The molecule has 0 spiro atoms. The highest BCUT2D eigenvalue weighted by molar-refractivity contribution is 9.10. The van der Waals surface area contributed by atoms with Crippen LogP contribution < -0.4 is 10.2 Å². The van der Waals surface area contributed by atoms with Gasteiger partial charge in [-0.3, -0.25) is 9.59 Å². The number of hydrogen-bond acceptors (Lipinski definition) is 2. The van der Waals surface area contributed by atoms with Gasteiger partial charge in [0, 0.05) is 29.5 Å². The second kappa shape index (κ2) is 7.13. The van der Waals surface area contributed by atoms with Gasteiger partial charge < -0.3 is 10.2 Å². The summed E-state index contributed by atoms with van der Waals surface area (Å²) >= 11 is 3.42. The Morgan fingerprint density at radius 3 is 2.67 bits per heavy atom. The summed E-state index contributed by atoms with van der Waals surface area (Å²) in [5.41, 5.74) is 1.18. The molecule has 1 saturated heterocycles. The lowest BCUT2D eigenvalue weighted by molar-refractivity contribution is -0.126. The SMILES string of the molecule is O=C(NCc1ccccc1F)[C@@H]1CC(=O)N(c2ccccc2Br)C1. The van der Waals surface area contributed by atoms with Crippen LogP contribution in [0.1, 0.15) is 12.0 Å². The number of carbonyl (C=O) groups is 2. The summed E-state index contributed by atoms with van der Waals surface area (Å²) in [6, 6.07) is 13.7. The van der Waals surface area contributed by atoms with Crippen LogP contribution in [0.15, 0.2) is 53.0 Å². The number of para-hydroxylation sites is 1. The van der Waals surface area contributed by atoms with Crippen molar-refractivity contribution in [1.82, 2.24) is 5.32 Å². The first-order valence-corrected chi connectivity index (χ1v) is 8.41. The molecule has 2 aromatic carbocycles. The Morgan fingerprint density at radius 1 is 1.21 bits per heavy atom. The summed E-state index contributed by atoms with van der Waals surface area (Å²) < 4.78 is 14.4. The highest BCUT2D eigenvalue weighted by Crippen LogP contribution is 2.31. The second-order valence-corrected chi connectivity index (χ2v) is 6.52. The van der Waals surface area contributed by atoms with E-state index in [2.05, 4.69) is 21.2 Å². The molecule has 4 nitrogen and oxygen atoms in total. The minimum atomic E-state index is -0.434. The van der Waals surface area contributed by atoms with Crippen LogP contribution in [0, 0.1) is 11.7 Å². The number of anilines is 1. The van der Waals surface area contributed by atoms with Gasteiger partial charge in [0.15, 0.2) is 0 Å². The van der Waals surface area contributed by atoms with Crippen molar-refractivity contribution in [3.8, 4) is 0 Å². The number of amides is 2. The fourth-order valence-corrected chi connectivity index (χ4v) is 3.25. The molecule has 0 aromatic heterocycles. The van der Waals surface area contributed by atoms with Gasteiger partial charge in [0.2, 0.25) is 11.8 Å². The molecule has 6 heteroatoms. The van der Waals surface area contributed by atoms with Gasteiger partial charge in [0.25, 0.3) is 0 Å². The van der Waals surface area contributed by atoms with Crippen LogP contribution in [-0.4, -0.2) is 18.4 Å². The van der Waals surface area contributed by atoms with E-state index in [-0.39, 0.29) is 30.6 Å². The van der Waals surface area contributed by atoms with Gasteiger partial charge in [-0.15, -0.1) is 0 Å². The fraction of sp³-hybridized carbons (Fsp3) is 0.222. The lowest BCUT2D eigenvalue weighted by Crippen LogP contribution is -2.32. The molecule has 3 rings (SSSR count). The minimum Gasteiger partial charge on any atom is -0.352 e. The number of nitrogens with one attached hydrogen (secondary N) is 1. The molecule has 0 saturated carbocycles. The highest BCUT2D eigenvalue weighted by atomic mass is 79.9. The summed E-state index contributed by atoms with van der Waals surface area (Å²) in [4.78, 5) is 26.2. The predicted molar refractivity (Wildman–Crippen MR) is 92.8 cm³/mol. The van der Waals surface area contributed by atoms with Gasteiger partial charge >= 0.3 is 0 Å². The lowest BCUT2D eigenvalue weighted by Gasteiger charge is -2.18. The highest BCUT2D eigenvalue weighted by Gasteiger charge is 2.35. The quantitative estimate of drug-likeness (QED) is 0.870. The molecule has 2 amide bonds. The van der Waals surface area contributed by atoms with Crippen LogP contribution in [0.2, 0.25) is 0 Å². The van der Waals surface area contributed by atoms with Crippen molar-refractivity contribution in [2.75, 3.05) is 11.4 Å². The van der Waals surface area contributed by atoms with Crippen LogP contribution in [0.5, 0.6) is 0 Å². The molecule has 0 radical (unpaired) electrons. The number of rotatable bonds is 4. The second-order valence-electron chi connectivity index (χ2n) is 5.67. The van der Waals surface area contributed by atoms with Gasteiger partial charge in [0.05, 0.1) is 11.6 Å². The summed E-state index contributed by atoms with van der Waals surface area (Å²) in [5, 5.41) is 2.72. The van der Waals surface area contributed by atoms with E-state index in [1.165, 1.54) is 6.07 Å². The maximum Gasteiger partial charge on any atom is 0.227 e. The third-order valence-corrected chi connectivity index (χ3v) is 4.72. The van der Waals surface area contributed by atoms with E-state index < -0.39 is 5.92 Å². The molecule has 1 aliphatic heterocycles. The van der Waals surface area contributed by atoms with Crippen molar-refractivity contribution >= 4 is 33.4 Å². The summed E-state index contributed by atoms with van der Waals surface area (Å²) in [7, 11) is 0. The van der Waals surface area contributed by atoms with Crippen LogP contribution in [0.4, 0.5) is 10.1 Å². The zero-order valence-corrected chi connectivity index (χ0v) is 14.4. The van der Waals surface area contributed by atoms with Crippen molar-refractivity contribution < 1.29 is 14.0 Å². The van der Waals surface area contributed by atoms with Gasteiger partial charge in [-0.05, 0) is 34.1 Å². The van der Waals surface area contributed by atoms with Crippen molar-refractivity contribution in [2.45, 2.75) is 13.0 Å². The van der Waals surface area contributed by atoms with E-state index in [0.29, 0.717) is 12.1 Å². The Hall–Kier alpha value is -2.21. The normalized spacial score (nSPS) is 17.2. The minimum absolute atomic E-state index is 0.0899. The van der Waals surface area contributed by atoms with Gasteiger partial charge in [-0.2, -0.15) is 0 Å². The zero-order valence-electron chi connectivity index (χ0n) is 12.8. The average molecular weight is 391 g/mol. The van der Waals surface area contributed by atoms with E-state index >= 15 is 0 Å². The lowest BCUT2D eigenvalue weighted by atomic mass is 10.1. The van der Waals surface area contributed by atoms with Gasteiger partial charge in [-0.25, -0.2) is 4.39 Å². The molecule has 0 bridgehead atoms. The Kier molecular flexibility index (Phi) is 4.94. The first kappa shape index (κ1) is 16.6. The van der Waals surface area contributed by atoms with E-state index in [1.807, 2.05) is 24.3 Å². The molecule has 24 heavy (non-hydrogen) atoms. The Bertz CT molecular complexity index is 781. The third-order valence-electron chi connectivity index (χ3n) is 4.05. The molecule has 0 unspecified atom stereocenters. The van der Waals surface area contributed by atoms with Crippen LogP contribution in [0.3, 0.4) is 0 Å². The average Bonchev–Trinajstić information content (AvgIpc) is 2.96. The zero-order chi connectivity index (χ0) is 17.1. The number of nitrogens with zero attached hydrogens (tertiary/aromatic N) is 1. The number of hydrogen-bond donors (Lipinski definition) is 1. The van der Waals surface area contributed by atoms with Crippen LogP contribution >= 0.6 is 15.9 Å². The number of carbonyl (C=O) groups excluding carboxylic acids is 2.